The van der Waals surface area contributed by atoms with Crippen molar-refractivity contribution < 1.29 is 4.92 Å². The minimum Gasteiger partial charge on any atom is -0.326 e. The number of nitrogens with two attached hydrogens (primary N) is 1. The van der Waals surface area contributed by atoms with Gasteiger partial charge < -0.3 is 5.73 Å². The van der Waals surface area contributed by atoms with Crippen LogP contribution in [0.4, 0.5) is 5.69 Å². The molecule has 2 rings (SSSR count). The van der Waals surface area contributed by atoms with E-state index in [1.165, 1.54) is 0 Å². The predicted molar refractivity (Wildman–Crippen MR) is 82.5 cm³/mol. The van der Waals surface area contributed by atoms with Crippen molar-refractivity contribution in [1.82, 2.24) is 4.90 Å². The second-order valence-corrected chi connectivity index (χ2v) is 6.66. The van der Waals surface area contributed by atoms with Gasteiger partial charge in [-0.05, 0) is 24.5 Å². The summed E-state index contributed by atoms with van der Waals surface area (Å²) in [5, 5.41) is 11.3. The van der Waals surface area contributed by atoms with Crippen LogP contribution in [0.15, 0.2) is 22.7 Å². The number of nitro groups is 1. The average Bonchev–Trinajstić information content (AvgIpc) is 2.70. The predicted octanol–water partition coefficient (Wildman–Crippen LogP) is 3.09. The summed E-state index contributed by atoms with van der Waals surface area (Å²) in [6, 6.07) is 5.12. The molecule has 0 bridgehead atoms. The second kappa shape index (κ2) is 6.20. The van der Waals surface area contributed by atoms with Gasteiger partial charge in [0.05, 0.1) is 11.0 Å². The highest BCUT2D eigenvalue weighted by atomic mass is 79.9. The zero-order chi connectivity index (χ0) is 14.9. The zero-order valence-corrected chi connectivity index (χ0v) is 13.3. The van der Waals surface area contributed by atoms with Gasteiger partial charge in [-0.2, -0.15) is 0 Å². The SMILES string of the molecule is CC(C)CN1CCC(N)C1c1ccc(Br)cc1[N+](=O)[O-]. The fraction of sp³-hybridized carbons (Fsp3) is 0.571. The highest BCUT2D eigenvalue weighted by Crippen LogP contribution is 2.37. The van der Waals surface area contributed by atoms with Crippen LogP contribution >= 0.6 is 15.9 Å². The van der Waals surface area contributed by atoms with Gasteiger partial charge in [-0.15, -0.1) is 0 Å². The second-order valence-electron chi connectivity index (χ2n) is 5.75. The number of halogens is 1. The third kappa shape index (κ3) is 3.19. The van der Waals surface area contributed by atoms with E-state index in [2.05, 4.69) is 34.7 Å². The summed E-state index contributed by atoms with van der Waals surface area (Å²) in [7, 11) is 0. The first kappa shape index (κ1) is 15.4. The van der Waals surface area contributed by atoms with Crippen LogP contribution < -0.4 is 5.73 Å². The van der Waals surface area contributed by atoms with Crippen molar-refractivity contribution in [2.75, 3.05) is 13.1 Å². The molecule has 0 amide bonds. The van der Waals surface area contributed by atoms with Gasteiger partial charge in [-0.25, -0.2) is 0 Å². The normalized spacial score (nSPS) is 23.4. The summed E-state index contributed by atoms with van der Waals surface area (Å²) in [4.78, 5) is 13.2. The van der Waals surface area contributed by atoms with Crippen LogP contribution in [0, 0.1) is 16.0 Å². The maximum absolute atomic E-state index is 11.3. The van der Waals surface area contributed by atoms with Crippen molar-refractivity contribution in [2.24, 2.45) is 11.7 Å². The van der Waals surface area contributed by atoms with E-state index in [4.69, 9.17) is 5.73 Å². The van der Waals surface area contributed by atoms with Gasteiger partial charge in [0, 0.05) is 35.2 Å². The number of benzene rings is 1. The van der Waals surface area contributed by atoms with E-state index in [1.54, 1.807) is 6.07 Å². The number of nitro benzene ring substituents is 1. The molecule has 6 heteroatoms. The Labute approximate surface area is 127 Å². The smallest absolute Gasteiger partial charge is 0.275 e. The first-order chi connectivity index (χ1) is 9.40. The lowest BCUT2D eigenvalue weighted by atomic mass is 9.98. The van der Waals surface area contributed by atoms with Crippen molar-refractivity contribution in [3.8, 4) is 0 Å². The molecule has 20 heavy (non-hydrogen) atoms. The molecule has 0 aliphatic carbocycles. The van der Waals surface area contributed by atoms with Gasteiger partial charge in [0.1, 0.15) is 0 Å². The molecule has 5 nitrogen and oxygen atoms in total. The molecule has 2 atom stereocenters. The molecule has 1 heterocycles. The summed E-state index contributed by atoms with van der Waals surface area (Å²) < 4.78 is 0.718. The Bertz CT molecular complexity index is 507. The molecule has 0 radical (unpaired) electrons. The molecular weight excluding hydrogens is 322 g/mol. The Hall–Kier alpha value is -0.980. The molecule has 1 aliphatic rings. The van der Waals surface area contributed by atoms with E-state index in [0.29, 0.717) is 5.92 Å². The maximum Gasteiger partial charge on any atom is 0.275 e. The quantitative estimate of drug-likeness (QED) is 0.674. The van der Waals surface area contributed by atoms with Crippen LogP contribution in [0.1, 0.15) is 31.9 Å². The van der Waals surface area contributed by atoms with Crippen molar-refractivity contribution >= 4 is 21.6 Å². The van der Waals surface area contributed by atoms with Crippen LogP contribution in [0.3, 0.4) is 0 Å². The van der Waals surface area contributed by atoms with Crippen LogP contribution in [-0.4, -0.2) is 29.0 Å². The number of rotatable bonds is 4. The number of nitrogens with zero attached hydrogens (tertiary/aromatic N) is 2. The number of hydrogen-bond donors (Lipinski definition) is 1. The molecule has 1 aliphatic heterocycles. The van der Waals surface area contributed by atoms with Gasteiger partial charge in [-0.1, -0.05) is 29.8 Å². The lowest BCUT2D eigenvalue weighted by Gasteiger charge is -2.28. The molecule has 0 spiro atoms. The Morgan fingerprint density at radius 3 is 2.85 bits per heavy atom. The minimum absolute atomic E-state index is 0.0476. The Morgan fingerprint density at radius 1 is 1.55 bits per heavy atom. The van der Waals surface area contributed by atoms with Crippen LogP contribution in [0.5, 0.6) is 0 Å². The largest absolute Gasteiger partial charge is 0.326 e. The topological polar surface area (TPSA) is 72.4 Å². The van der Waals surface area contributed by atoms with Gasteiger partial charge in [-0.3, -0.25) is 15.0 Å². The van der Waals surface area contributed by atoms with E-state index < -0.39 is 0 Å². The summed E-state index contributed by atoms with van der Waals surface area (Å²) in [6.07, 6.45) is 0.880. The Balaban J connectivity index is 2.39. The molecular formula is C14H20BrN3O2. The van der Waals surface area contributed by atoms with Gasteiger partial charge in [0.2, 0.25) is 0 Å². The highest BCUT2D eigenvalue weighted by molar-refractivity contribution is 9.10. The fourth-order valence-corrected chi connectivity index (χ4v) is 3.26. The lowest BCUT2D eigenvalue weighted by Crippen LogP contribution is -2.34. The average molecular weight is 342 g/mol. The first-order valence-electron chi connectivity index (χ1n) is 6.83. The van der Waals surface area contributed by atoms with Gasteiger partial charge >= 0.3 is 0 Å². The van der Waals surface area contributed by atoms with E-state index in [0.717, 1.165) is 29.5 Å². The van der Waals surface area contributed by atoms with Crippen LogP contribution in [0.25, 0.3) is 0 Å². The molecule has 0 aromatic heterocycles. The molecule has 1 aromatic rings. The molecule has 0 saturated carbocycles. The van der Waals surface area contributed by atoms with Crippen molar-refractivity contribution in [2.45, 2.75) is 32.4 Å². The molecule has 2 unspecified atom stereocenters. The van der Waals surface area contributed by atoms with Crippen molar-refractivity contribution in [1.29, 1.82) is 0 Å². The summed E-state index contributed by atoms with van der Waals surface area (Å²) in [5.41, 5.74) is 7.08. The van der Waals surface area contributed by atoms with Crippen LogP contribution in [-0.2, 0) is 0 Å². The fourth-order valence-electron chi connectivity index (χ4n) is 2.91. The maximum atomic E-state index is 11.3. The molecule has 1 aromatic carbocycles. The van der Waals surface area contributed by atoms with Crippen molar-refractivity contribution in [3.05, 3.63) is 38.3 Å². The third-order valence-corrected chi connectivity index (χ3v) is 4.15. The summed E-state index contributed by atoms with van der Waals surface area (Å²) in [6.45, 7) is 6.11. The number of hydrogen-bond acceptors (Lipinski definition) is 4. The number of likely N-dealkylation sites (tertiary alicyclic amines) is 1. The van der Waals surface area contributed by atoms with Crippen LogP contribution in [0.2, 0.25) is 0 Å². The minimum atomic E-state index is -0.321. The molecule has 110 valence electrons. The zero-order valence-electron chi connectivity index (χ0n) is 11.8. The van der Waals surface area contributed by atoms with Gasteiger partial charge in [0.15, 0.2) is 0 Å². The third-order valence-electron chi connectivity index (χ3n) is 3.66. The standard InChI is InChI=1S/C14H20BrN3O2/c1-9(2)8-17-6-5-12(16)14(17)11-4-3-10(15)7-13(11)18(19)20/h3-4,7,9,12,14H,5-6,8,16H2,1-2H3. The monoisotopic (exact) mass is 341 g/mol. The van der Waals surface area contributed by atoms with E-state index in [1.807, 2.05) is 12.1 Å². The Morgan fingerprint density at radius 2 is 2.25 bits per heavy atom. The van der Waals surface area contributed by atoms with E-state index in [-0.39, 0.29) is 22.7 Å². The lowest BCUT2D eigenvalue weighted by molar-refractivity contribution is -0.386. The Kier molecular flexibility index (Phi) is 4.78. The van der Waals surface area contributed by atoms with Gasteiger partial charge in [0.25, 0.3) is 5.69 Å². The first-order valence-corrected chi connectivity index (χ1v) is 7.63. The summed E-state index contributed by atoms with van der Waals surface area (Å²) >= 11 is 3.29. The molecule has 1 saturated heterocycles. The van der Waals surface area contributed by atoms with Crippen molar-refractivity contribution in [3.63, 3.8) is 0 Å². The summed E-state index contributed by atoms with van der Waals surface area (Å²) in [5.74, 6) is 0.511. The molecule has 1 fully saturated rings. The van der Waals surface area contributed by atoms with E-state index >= 15 is 0 Å². The highest BCUT2D eigenvalue weighted by Gasteiger charge is 2.36. The van der Waals surface area contributed by atoms with E-state index in [9.17, 15) is 10.1 Å². The molecule has 2 N–H and O–H groups in total.